The molecule has 0 aromatic heterocycles. The summed E-state index contributed by atoms with van der Waals surface area (Å²) < 4.78 is 0. The van der Waals surface area contributed by atoms with Crippen LogP contribution in [0.4, 0.5) is 0 Å². The number of carbonyl (C=O) groups is 1. The Kier molecular flexibility index (Phi) is 5.01. The molecule has 1 aliphatic heterocycles. The van der Waals surface area contributed by atoms with Crippen LogP contribution in [-0.2, 0) is 11.3 Å². The van der Waals surface area contributed by atoms with Gasteiger partial charge in [0.1, 0.15) is 6.10 Å². The van der Waals surface area contributed by atoms with Crippen LogP contribution in [0.1, 0.15) is 31.2 Å². The second kappa shape index (κ2) is 6.99. The number of amides is 1. The number of likely N-dealkylation sites (tertiary alicyclic amines) is 1. The van der Waals surface area contributed by atoms with E-state index < -0.39 is 6.10 Å². The number of halogens is 1. The van der Waals surface area contributed by atoms with Crippen molar-refractivity contribution < 1.29 is 9.90 Å². The van der Waals surface area contributed by atoms with E-state index in [-0.39, 0.29) is 11.8 Å². The molecule has 1 saturated heterocycles. The molecule has 1 aromatic rings. The lowest BCUT2D eigenvalue weighted by Crippen LogP contribution is -2.44. The van der Waals surface area contributed by atoms with Gasteiger partial charge in [-0.15, -0.1) is 0 Å². The van der Waals surface area contributed by atoms with Crippen LogP contribution in [0.5, 0.6) is 0 Å². The smallest absolute Gasteiger partial charge is 0.249 e. The fourth-order valence-corrected chi connectivity index (χ4v) is 3.13. The van der Waals surface area contributed by atoms with Crippen molar-refractivity contribution in [1.29, 1.82) is 0 Å². The monoisotopic (exact) mass is 322 g/mol. The predicted octanol–water partition coefficient (Wildman–Crippen LogP) is 2.19. The van der Waals surface area contributed by atoms with E-state index in [9.17, 15) is 9.90 Å². The summed E-state index contributed by atoms with van der Waals surface area (Å²) in [4.78, 5) is 14.3. The average molecular weight is 323 g/mol. The van der Waals surface area contributed by atoms with Crippen LogP contribution in [0, 0.1) is 5.92 Å². The van der Waals surface area contributed by atoms with E-state index in [1.807, 2.05) is 24.3 Å². The van der Waals surface area contributed by atoms with Crippen molar-refractivity contribution >= 4 is 17.5 Å². The van der Waals surface area contributed by atoms with Gasteiger partial charge < -0.3 is 10.4 Å². The Morgan fingerprint density at radius 3 is 2.45 bits per heavy atom. The largest absolute Gasteiger partial charge is 0.383 e. The third kappa shape index (κ3) is 4.22. The standard InChI is InChI=1S/C17H23ClN2O2/c18-14-3-1-12(2-4-14)11-20-9-7-13(8-10-20)16(21)17(22)19-15-5-6-15/h1-4,13,15-16,21H,5-11H2,(H,19,22)/t16-/m0/s1. The van der Waals surface area contributed by atoms with Gasteiger partial charge in [-0.05, 0) is 62.4 Å². The zero-order valence-corrected chi connectivity index (χ0v) is 13.4. The summed E-state index contributed by atoms with van der Waals surface area (Å²) in [5.41, 5.74) is 1.25. The molecule has 0 spiro atoms. The Morgan fingerprint density at radius 2 is 1.86 bits per heavy atom. The number of carbonyl (C=O) groups excluding carboxylic acids is 1. The molecule has 1 aromatic carbocycles. The van der Waals surface area contributed by atoms with Crippen LogP contribution < -0.4 is 5.32 Å². The number of aliphatic hydroxyl groups is 1. The molecule has 1 heterocycles. The molecule has 120 valence electrons. The molecule has 22 heavy (non-hydrogen) atoms. The molecule has 2 fully saturated rings. The topological polar surface area (TPSA) is 52.6 Å². The molecule has 0 radical (unpaired) electrons. The maximum absolute atomic E-state index is 11.9. The molecule has 3 rings (SSSR count). The highest BCUT2D eigenvalue weighted by Gasteiger charge is 2.32. The summed E-state index contributed by atoms with van der Waals surface area (Å²) in [6, 6.07) is 8.23. The van der Waals surface area contributed by atoms with Crippen LogP contribution in [0.3, 0.4) is 0 Å². The van der Waals surface area contributed by atoms with E-state index in [2.05, 4.69) is 10.2 Å². The van der Waals surface area contributed by atoms with Crippen LogP contribution >= 0.6 is 11.6 Å². The molecule has 1 saturated carbocycles. The number of nitrogens with one attached hydrogen (secondary N) is 1. The fourth-order valence-electron chi connectivity index (χ4n) is 3.00. The normalized spacial score (nSPS) is 21.5. The summed E-state index contributed by atoms with van der Waals surface area (Å²) in [6.07, 6.45) is 2.99. The molecule has 0 bridgehead atoms. The molecule has 2 N–H and O–H groups in total. The lowest BCUT2D eigenvalue weighted by molar-refractivity contribution is -0.133. The van der Waals surface area contributed by atoms with Gasteiger partial charge in [0.2, 0.25) is 5.91 Å². The molecule has 2 aliphatic rings. The number of benzene rings is 1. The van der Waals surface area contributed by atoms with Gasteiger partial charge in [-0.25, -0.2) is 0 Å². The first-order chi connectivity index (χ1) is 10.6. The molecule has 0 unspecified atom stereocenters. The van der Waals surface area contributed by atoms with E-state index in [1.54, 1.807) is 0 Å². The second-order valence-electron chi connectivity index (χ2n) is 6.47. The first-order valence-electron chi connectivity index (χ1n) is 8.07. The van der Waals surface area contributed by atoms with E-state index in [0.717, 1.165) is 50.3 Å². The van der Waals surface area contributed by atoms with Gasteiger partial charge in [0, 0.05) is 17.6 Å². The van der Waals surface area contributed by atoms with E-state index in [1.165, 1.54) is 5.56 Å². The van der Waals surface area contributed by atoms with Crippen molar-refractivity contribution in [3.63, 3.8) is 0 Å². The Balaban J connectivity index is 1.45. The summed E-state index contributed by atoms with van der Waals surface area (Å²) >= 11 is 5.90. The van der Waals surface area contributed by atoms with E-state index in [0.29, 0.717) is 6.04 Å². The van der Waals surface area contributed by atoms with E-state index >= 15 is 0 Å². The third-order valence-electron chi connectivity index (χ3n) is 4.59. The number of piperidine rings is 1. The van der Waals surface area contributed by atoms with Crippen molar-refractivity contribution in [3.05, 3.63) is 34.9 Å². The molecule has 5 heteroatoms. The van der Waals surface area contributed by atoms with Crippen LogP contribution in [0.25, 0.3) is 0 Å². The molecular weight excluding hydrogens is 300 g/mol. The Labute approximate surface area is 136 Å². The van der Waals surface area contributed by atoms with Gasteiger partial charge in [-0.2, -0.15) is 0 Å². The minimum Gasteiger partial charge on any atom is -0.383 e. The van der Waals surface area contributed by atoms with Crippen LogP contribution in [0.2, 0.25) is 5.02 Å². The predicted molar refractivity (Wildman–Crippen MR) is 86.6 cm³/mol. The zero-order chi connectivity index (χ0) is 15.5. The van der Waals surface area contributed by atoms with Gasteiger partial charge >= 0.3 is 0 Å². The van der Waals surface area contributed by atoms with Gasteiger partial charge in [0.15, 0.2) is 0 Å². The fraction of sp³-hybridized carbons (Fsp3) is 0.588. The minimum absolute atomic E-state index is 0.0835. The number of aliphatic hydroxyl groups excluding tert-OH is 1. The summed E-state index contributed by atoms with van der Waals surface area (Å²) in [7, 11) is 0. The van der Waals surface area contributed by atoms with Crippen molar-refractivity contribution in [2.75, 3.05) is 13.1 Å². The van der Waals surface area contributed by atoms with Crippen molar-refractivity contribution in [1.82, 2.24) is 10.2 Å². The average Bonchev–Trinajstić information content (AvgIpc) is 3.33. The van der Waals surface area contributed by atoms with Gasteiger partial charge in [0.25, 0.3) is 0 Å². The first kappa shape index (κ1) is 15.8. The molecule has 1 amide bonds. The van der Waals surface area contributed by atoms with E-state index in [4.69, 9.17) is 11.6 Å². The molecule has 4 nitrogen and oxygen atoms in total. The first-order valence-corrected chi connectivity index (χ1v) is 8.45. The maximum atomic E-state index is 11.9. The lowest BCUT2D eigenvalue weighted by atomic mass is 9.90. The van der Waals surface area contributed by atoms with Crippen LogP contribution in [-0.4, -0.2) is 41.1 Å². The molecular formula is C17H23ClN2O2. The number of nitrogens with zero attached hydrogens (tertiary/aromatic N) is 1. The van der Waals surface area contributed by atoms with Crippen molar-refractivity contribution in [2.24, 2.45) is 5.92 Å². The Morgan fingerprint density at radius 1 is 1.23 bits per heavy atom. The van der Waals surface area contributed by atoms with Gasteiger partial charge in [-0.1, -0.05) is 23.7 Å². The van der Waals surface area contributed by atoms with Crippen LogP contribution in [0.15, 0.2) is 24.3 Å². The quantitative estimate of drug-likeness (QED) is 0.873. The Hall–Kier alpha value is -1.10. The number of hydrogen-bond acceptors (Lipinski definition) is 3. The van der Waals surface area contributed by atoms with Gasteiger partial charge in [-0.3, -0.25) is 9.69 Å². The molecule has 1 atom stereocenters. The Bertz CT molecular complexity index is 508. The minimum atomic E-state index is -0.849. The highest BCUT2D eigenvalue weighted by molar-refractivity contribution is 6.30. The second-order valence-corrected chi connectivity index (χ2v) is 6.90. The van der Waals surface area contributed by atoms with Crippen molar-refractivity contribution in [3.8, 4) is 0 Å². The lowest BCUT2D eigenvalue weighted by Gasteiger charge is -2.33. The zero-order valence-electron chi connectivity index (χ0n) is 12.7. The molecule has 1 aliphatic carbocycles. The summed E-state index contributed by atoms with van der Waals surface area (Å²) in [6.45, 7) is 2.73. The van der Waals surface area contributed by atoms with Gasteiger partial charge in [0.05, 0.1) is 0 Å². The highest BCUT2D eigenvalue weighted by Crippen LogP contribution is 2.24. The summed E-state index contributed by atoms with van der Waals surface area (Å²) in [5, 5.41) is 13.8. The number of hydrogen-bond donors (Lipinski definition) is 2. The highest BCUT2D eigenvalue weighted by atomic mass is 35.5. The number of rotatable bonds is 5. The van der Waals surface area contributed by atoms with Crippen molar-refractivity contribution in [2.45, 2.75) is 44.4 Å². The third-order valence-corrected chi connectivity index (χ3v) is 4.84. The summed E-state index contributed by atoms with van der Waals surface area (Å²) in [5.74, 6) is -0.0983. The SMILES string of the molecule is O=C(NC1CC1)[C@@H](O)C1CCN(Cc2ccc(Cl)cc2)CC1. The maximum Gasteiger partial charge on any atom is 0.249 e.